The molecule has 2 fully saturated rings. The van der Waals surface area contributed by atoms with Crippen LogP contribution < -0.4 is 4.90 Å². The summed E-state index contributed by atoms with van der Waals surface area (Å²) in [6.45, 7) is 2.58. The van der Waals surface area contributed by atoms with E-state index < -0.39 is 0 Å². The van der Waals surface area contributed by atoms with E-state index in [2.05, 4.69) is 20.0 Å². The Labute approximate surface area is 139 Å². The van der Waals surface area contributed by atoms with Crippen molar-refractivity contribution in [2.45, 2.75) is 18.9 Å². The standard InChI is InChI=1S/C15H20N6OS/c1-19-13-11(9-18-19)14(17-10-16-13)21-4-2-3-12(21)15(22)20-5-7-23-8-6-20/h9-10,12H,2-8H2,1H3. The van der Waals surface area contributed by atoms with Gasteiger partial charge in [-0.05, 0) is 12.8 Å². The first-order valence-electron chi connectivity index (χ1n) is 8.01. The van der Waals surface area contributed by atoms with Gasteiger partial charge in [0.1, 0.15) is 18.2 Å². The largest absolute Gasteiger partial charge is 0.344 e. The van der Waals surface area contributed by atoms with Gasteiger partial charge in [0.2, 0.25) is 5.91 Å². The van der Waals surface area contributed by atoms with Gasteiger partial charge < -0.3 is 9.80 Å². The lowest BCUT2D eigenvalue weighted by atomic mass is 10.2. The highest BCUT2D eigenvalue weighted by molar-refractivity contribution is 7.99. The number of nitrogens with zero attached hydrogens (tertiary/aromatic N) is 6. The number of aryl methyl sites for hydroxylation is 1. The van der Waals surface area contributed by atoms with E-state index in [0.29, 0.717) is 0 Å². The Morgan fingerprint density at radius 1 is 1.26 bits per heavy atom. The highest BCUT2D eigenvalue weighted by Gasteiger charge is 2.35. The third-order valence-corrected chi connectivity index (χ3v) is 5.58. The second-order valence-electron chi connectivity index (χ2n) is 5.99. The summed E-state index contributed by atoms with van der Waals surface area (Å²) in [5, 5.41) is 5.20. The first-order chi connectivity index (χ1) is 11.3. The maximum Gasteiger partial charge on any atom is 0.245 e. The molecule has 0 N–H and O–H groups in total. The zero-order valence-corrected chi connectivity index (χ0v) is 14.0. The third-order valence-electron chi connectivity index (χ3n) is 4.64. The molecule has 8 heteroatoms. The second-order valence-corrected chi connectivity index (χ2v) is 7.22. The summed E-state index contributed by atoms with van der Waals surface area (Å²) in [6, 6.07) is -0.101. The van der Waals surface area contributed by atoms with E-state index in [1.54, 1.807) is 17.2 Å². The highest BCUT2D eigenvalue weighted by atomic mass is 32.2. The molecule has 2 aliphatic heterocycles. The van der Waals surface area contributed by atoms with Gasteiger partial charge in [-0.2, -0.15) is 16.9 Å². The smallest absolute Gasteiger partial charge is 0.245 e. The minimum atomic E-state index is -0.101. The van der Waals surface area contributed by atoms with Crippen LogP contribution in [0.4, 0.5) is 5.82 Å². The SMILES string of the molecule is Cn1ncc2c(N3CCCC3C(=O)N3CCSCC3)ncnc21. The lowest BCUT2D eigenvalue weighted by Gasteiger charge is -2.33. The summed E-state index contributed by atoms with van der Waals surface area (Å²) in [6.07, 6.45) is 5.28. The van der Waals surface area contributed by atoms with Crippen LogP contribution in [0.3, 0.4) is 0 Å². The predicted octanol–water partition coefficient (Wildman–Crippen LogP) is 0.907. The maximum atomic E-state index is 12.9. The lowest BCUT2D eigenvalue weighted by molar-refractivity contribution is -0.132. The molecule has 4 rings (SSSR count). The van der Waals surface area contributed by atoms with Gasteiger partial charge in [0.25, 0.3) is 0 Å². The van der Waals surface area contributed by atoms with Crippen LogP contribution in [0.2, 0.25) is 0 Å². The summed E-state index contributed by atoms with van der Waals surface area (Å²) in [7, 11) is 1.87. The minimum absolute atomic E-state index is 0.101. The normalized spacial score (nSPS) is 22.0. The molecule has 7 nitrogen and oxygen atoms in total. The van der Waals surface area contributed by atoms with Gasteiger partial charge in [0, 0.05) is 38.2 Å². The van der Waals surface area contributed by atoms with E-state index in [-0.39, 0.29) is 11.9 Å². The number of hydrogen-bond acceptors (Lipinski definition) is 6. The summed E-state index contributed by atoms with van der Waals surface area (Å²) in [5.41, 5.74) is 0.808. The minimum Gasteiger partial charge on any atom is -0.344 e. The number of amides is 1. The van der Waals surface area contributed by atoms with Crippen LogP contribution in [-0.2, 0) is 11.8 Å². The molecule has 2 aliphatic rings. The van der Waals surface area contributed by atoms with Crippen LogP contribution >= 0.6 is 11.8 Å². The fraction of sp³-hybridized carbons (Fsp3) is 0.600. The number of anilines is 1. The van der Waals surface area contributed by atoms with Crippen molar-refractivity contribution >= 4 is 34.5 Å². The number of fused-ring (bicyclic) bond motifs is 1. The molecular formula is C15H20N6OS. The van der Waals surface area contributed by atoms with E-state index in [1.807, 2.05) is 23.7 Å². The highest BCUT2D eigenvalue weighted by Crippen LogP contribution is 2.30. The number of carbonyl (C=O) groups excluding carboxylic acids is 1. The zero-order valence-electron chi connectivity index (χ0n) is 13.2. The summed E-state index contributed by atoms with van der Waals surface area (Å²) < 4.78 is 1.75. The molecule has 0 spiro atoms. The van der Waals surface area contributed by atoms with Gasteiger partial charge >= 0.3 is 0 Å². The van der Waals surface area contributed by atoms with Gasteiger partial charge in [-0.25, -0.2) is 9.97 Å². The van der Waals surface area contributed by atoms with E-state index in [0.717, 1.165) is 60.8 Å². The number of aromatic nitrogens is 4. The van der Waals surface area contributed by atoms with E-state index in [4.69, 9.17) is 0 Å². The average molecular weight is 332 g/mol. The van der Waals surface area contributed by atoms with Crippen molar-refractivity contribution in [1.29, 1.82) is 0 Å². The van der Waals surface area contributed by atoms with Gasteiger partial charge in [0.05, 0.1) is 11.6 Å². The fourth-order valence-corrected chi connectivity index (χ4v) is 4.35. The molecule has 2 saturated heterocycles. The predicted molar refractivity (Wildman–Crippen MR) is 90.6 cm³/mol. The lowest BCUT2D eigenvalue weighted by Crippen LogP contribution is -2.48. The van der Waals surface area contributed by atoms with Crippen molar-refractivity contribution in [3.05, 3.63) is 12.5 Å². The molecule has 0 aliphatic carbocycles. The van der Waals surface area contributed by atoms with Crippen molar-refractivity contribution in [3.63, 3.8) is 0 Å². The van der Waals surface area contributed by atoms with Crippen molar-refractivity contribution < 1.29 is 4.79 Å². The molecule has 0 saturated carbocycles. The molecule has 2 aromatic rings. The van der Waals surface area contributed by atoms with Crippen LogP contribution in [0.15, 0.2) is 12.5 Å². The maximum absolute atomic E-state index is 12.9. The Morgan fingerprint density at radius 2 is 2.09 bits per heavy atom. The Balaban J connectivity index is 1.65. The van der Waals surface area contributed by atoms with E-state index >= 15 is 0 Å². The van der Waals surface area contributed by atoms with Crippen LogP contribution in [0.1, 0.15) is 12.8 Å². The van der Waals surface area contributed by atoms with Gasteiger partial charge in [-0.3, -0.25) is 9.48 Å². The summed E-state index contributed by atoms with van der Waals surface area (Å²) in [4.78, 5) is 25.9. The van der Waals surface area contributed by atoms with Gasteiger partial charge in [-0.15, -0.1) is 0 Å². The summed E-state index contributed by atoms with van der Waals surface area (Å²) >= 11 is 1.92. The van der Waals surface area contributed by atoms with Crippen LogP contribution in [0.5, 0.6) is 0 Å². The first-order valence-corrected chi connectivity index (χ1v) is 9.17. The van der Waals surface area contributed by atoms with Crippen molar-refractivity contribution in [2.75, 3.05) is 36.0 Å². The number of carbonyl (C=O) groups is 1. The molecule has 23 heavy (non-hydrogen) atoms. The van der Waals surface area contributed by atoms with Crippen molar-refractivity contribution in [2.24, 2.45) is 7.05 Å². The first kappa shape index (κ1) is 14.7. The molecule has 1 amide bonds. The molecule has 1 atom stereocenters. The molecular weight excluding hydrogens is 312 g/mol. The monoisotopic (exact) mass is 332 g/mol. The van der Waals surface area contributed by atoms with Crippen LogP contribution in [0.25, 0.3) is 11.0 Å². The van der Waals surface area contributed by atoms with Crippen LogP contribution in [0, 0.1) is 0 Å². The van der Waals surface area contributed by atoms with Crippen molar-refractivity contribution in [3.8, 4) is 0 Å². The second kappa shape index (κ2) is 5.99. The topological polar surface area (TPSA) is 67.2 Å². The number of rotatable bonds is 2. The Kier molecular flexibility index (Phi) is 3.84. The average Bonchev–Trinajstić information content (AvgIpc) is 3.22. The molecule has 2 aromatic heterocycles. The molecule has 0 bridgehead atoms. The fourth-order valence-electron chi connectivity index (χ4n) is 3.45. The van der Waals surface area contributed by atoms with E-state index in [9.17, 15) is 4.79 Å². The van der Waals surface area contributed by atoms with Gasteiger partial charge in [0.15, 0.2) is 5.65 Å². The zero-order chi connectivity index (χ0) is 15.8. The quantitative estimate of drug-likeness (QED) is 0.814. The Hall–Kier alpha value is -1.83. The Bertz CT molecular complexity index is 726. The van der Waals surface area contributed by atoms with Gasteiger partial charge in [-0.1, -0.05) is 0 Å². The summed E-state index contributed by atoms with van der Waals surface area (Å²) in [5.74, 6) is 3.17. The van der Waals surface area contributed by atoms with Crippen molar-refractivity contribution in [1.82, 2.24) is 24.6 Å². The molecule has 0 aromatic carbocycles. The number of hydrogen-bond donors (Lipinski definition) is 0. The molecule has 122 valence electrons. The molecule has 1 unspecified atom stereocenters. The Morgan fingerprint density at radius 3 is 2.91 bits per heavy atom. The number of thioether (sulfide) groups is 1. The van der Waals surface area contributed by atoms with Crippen LogP contribution in [-0.4, -0.2) is 67.7 Å². The molecule has 4 heterocycles. The molecule has 0 radical (unpaired) electrons. The van der Waals surface area contributed by atoms with E-state index in [1.165, 1.54) is 0 Å². The third kappa shape index (κ3) is 2.54.